The predicted molar refractivity (Wildman–Crippen MR) is 378 cm³/mol. The smallest absolute Gasteiger partial charge is 0.101 e. The third-order valence-electron chi connectivity index (χ3n) is 18.1. The van der Waals surface area contributed by atoms with Crippen LogP contribution in [0.2, 0.25) is 0 Å². The van der Waals surface area contributed by atoms with Crippen LogP contribution in [0.5, 0.6) is 0 Å². The Morgan fingerprint density at radius 3 is 1.19 bits per heavy atom. The van der Waals surface area contributed by atoms with E-state index in [1.807, 2.05) is 57.7 Å². The fourth-order valence-corrected chi connectivity index (χ4v) is 17.6. The first-order chi connectivity index (χ1) is 42.5. The summed E-state index contributed by atoms with van der Waals surface area (Å²) >= 11 is 7.59. The molecule has 7 heteroatoms. The van der Waals surface area contributed by atoms with Crippen LogP contribution in [0, 0.1) is 0 Å². The molecule has 0 saturated heterocycles. The van der Waals surface area contributed by atoms with Crippen molar-refractivity contribution in [1.82, 2.24) is 14.5 Å². The van der Waals surface area contributed by atoms with E-state index in [1.165, 1.54) is 252 Å². The second-order valence-corrected chi connectivity index (χ2v) is 28.8. The lowest BCUT2D eigenvalue weighted by atomic mass is 9.93. The molecular formula is C79H87N3S4. The molecule has 0 aliphatic heterocycles. The molecule has 86 heavy (non-hydrogen) atoms. The molecule has 442 valence electrons. The summed E-state index contributed by atoms with van der Waals surface area (Å²) < 4.78 is 2.53. The summed E-state index contributed by atoms with van der Waals surface area (Å²) in [4.78, 5) is 18.9. The minimum atomic E-state index is 0.259. The van der Waals surface area contributed by atoms with Gasteiger partial charge in [0.15, 0.2) is 0 Å². The van der Waals surface area contributed by atoms with Gasteiger partial charge in [-0.15, -0.1) is 45.3 Å². The number of hydrogen-bond donors (Lipinski definition) is 0. The Morgan fingerprint density at radius 2 is 0.721 bits per heavy atom. The van der Waals surface area contributed by atoms with Crippen LogP contribution in [-0.4, -0.2) is 14.5 Å². The van der Waals surface area contributed by atoms with Crippen LogP contribution in [0.1, 0.15) is 200 Å². The number of thiophene rings is 4. The van der Waals surface area contributed by atoms with Gasteiger partial charge in [0.05, 0.1) is 22.4 Å². The third kappa shape index (κ3) is 13.9. The molecule has 0 atom stereocenters. The number of fused-ring (bicyclic) bond motifs is 6. The predicted octanol–water partition coefficient (Wildman–Crippen LogP) is 25.4. The fraction of sp³-hybridized carbons (Fsp3) is 0.367. The van der Waals surface area contributed by atoms with Crippen LogP contribution >= 0.6 is 45.3 Å². The number of rotatable bonds is 31. The second kappa shape index (κ2) is 29.2. The minimum absolute atomic E-state index is 0.259. The Kier molecular flexibility index (Phi) is 20.4. The first-order valence-electron chi connectivity index (χ1n) is 33.1. The quantitative estimate of drug-likeness (QED) is 0.0406. The summed E-state index contributed by atoms with van der Waals surface area (Å²) in [6.45, 7) is 9.21. The number of nitrogens with zero attached hydrogens (tertiary/aromatic N) is 3. The van der Waals surface area contributed by atoms with E-state index < -0.39 is 0 Å². The van der Waals surface area contributed by atoms with Gasteiger partial charge in [0.2, 0.25) is 0 Å². The molecule has 0 amide bonds. The summed E-state index contributed by atoms with van der Waals surface area (Å²) in [5.41, 5.74) is 18.5. The summed E-state index contributed by atoms with van der Waals surface area (Å²) in [5, 5.41) is 4.04. The van der Waals surface area contributed by atoms with Gasteiger partial charge < -0.3 is 4.57 Å². The Labute approximate surface area is 529 Å². The van der Waals surface area contributed by atoms with Gasteiger partial charge in [-0.3, -0.25) is 9.97 Å². The van der Waals surface area contributed by atoms with E-state index in [1.54, 1.807) is 0 Å². The average molecular weight is 1210 g/mol. The van der Waals surface area contributed by atoms with Crippen molar-refractivity contribution in [2.45, 2.75) is 188 Å². The Hall–Kier alpha value is -6.22. The first-order valence-corrected chi connectivity index (χ1v) is 36.4. The van der Waals surface area contributed by atoms with Crippen LogP contribution in [0.4, 0.5) is 0 Å². The molecule has 0 N–H and O–H groups in total. The lowest BCUT2D eigenvalue weighted by molar-refractivity contribution is 0.632. The van der Waals surface area contributed by atoms with Crippen LogP contribution in [0.15, 0.2) is 158 Å². The van der Waals surface area contributed by atoms with Crippen LogP contribution in [0.3, 0.4) is 0 Å². The molecular weight excluding hydrogens is 1120 g/mol. The Morgan fingerprint density at radius 1 is 0.337 bits per heavy atom. The highest BCUT2D eigenvalue weighted by Gasteiger charge is 2.32. The van der Waals surface area contributed by atoms with E-state index in [0.29, 0.717) is 0 Å². The molecule has 0 saturated carbocycles. The van der Waals surface area contributed by atoms with Gasteiger partial charge in [0, 0.05) is 63.2 Å². The molecule has 7 heterocycles. The highest BCUT2D eigenvalue weighted by Crippen LogP contribution is 2.52. The third-order valence-corrected chi connectivity index (χ3v) is 23.0. The molecule has 3 nitrogen and oxygen atoms in total. The van der Waals surface area contributed by atoms with Crippen molar-refractivity contribution >= 4 is 67.2 Å². The lowest BCUT2D eigenvalue weighted by Crippen LogP contribution is -1.97. The van der Waals surface area contributed by atoms with Gasteiger partial charge in [-0.05, 0) is 204 Å². The van der Waals surface area contributed by atoms with Gasteiger partial charge in [0.25, 0.3) is 0 Å². The van der Waals surface area contributed by atoms with Crippen molar-refractivity contribution in [3.8, 4) is 67.9 Å². The number of aryl methyl sites for hydroxylation is 4. The first kappa shape index (κ1) is 60.1. The van der Waals surface area contributed by atoms with E-state index >= 15 is 0 Å². The largest absolute Gasteiger partial charge is 0.301 e. The maximum Gasteiger partial charge on any atom is 0.101 e. The molecule has 0 fully saturated rings. The Bertz CT molecular complexity index is 3870. The highest BCUT2D eigenvalue weighted by atomic mass is 32.1. The molecule has 0 spiro atoms. The zero-order valence-corrected chi connectivity index (χ0v) is 54.8. The standard InChI is InChI=1S/C79H87N3S4/c1-5-9-13-17-21-25-55-29-33-61-63(49-55)64-50-56(26-22-18-14-10-6-2)30-34-62(64)79(61)77-42-41-74(85-77)73-39-37-71(83-73)59-45-47-80-67(53-59)68-54-60(46-48-81-68)72-38-40-75(84-72)76-43-44-78(86-76)82-69-35-31-57(27-23-19-15-11-7-3)51-65(69)66-52-58(32-36-70(66)82)28-24-20-16-12-8-4/h29-54,79H,5-28H2,1-4H3. The summed E-state index contributed by atoms with van der Waals surface area (Å²) in [7, 11) is 0. The topological polar surface area (TPSA) is 30.7 Å². The summed E-state index contributed by atoms with van der Waals surface area (Å²) in [5.74, 6) is 0.259. The number of aromatic nitrogens is 3. The van der Waals surface area contributed by atoms with Crippen molar-refractivity contribution < 1.29 is 0 Å². The lowest BCUT2D eigenvalue weighted by Gasteiger charge is -2.13. The van der Waals surface area contributed by atoms with Crippen LogP contribution in [-0.2, 0) is 25.7 Å². The zero-order chi connectivity index (χ0) is 58.6. The fourth-order valence-electron chi connectivity index (χ4n) is 13.3. The number of pyridine rings is 2. The molecule has 1 aliphatic carbocycles. The second-order valence-electron chi connectivity index (χ2n) is 24.5. The highest BCUT2D eigenvalue weighted by molar-refractivity contribution is 7.25. The van der Waals surface area contributed by atoms with Gasteiger partial charge >= 0.3 is 0 Å². The van der Waals surface area contributed by atoms with E-state index in [0.717, 1.165) is 29.8 Å². The molecule has 4 aromatic carbocycles. The van der Waals surface area contributed by atoms with Crippen LogP contribution < -0.4 is 0 Å². The monoisotopic (exact) mass is 1210 g/mol. The maximum atomic E-state index is 4.91. The average Bonchev–Trinajstić information content (AvgIpc) is 1.74. The molecule has 11 aromatic rings. The molecule has 0 unspecified atom stereocenters. The maximum absolute atomic E-state index is 4.91. The number of hydrogen-bond acceptors (Lipinski definition) is 6. The summed E-state index contributed by atoms with van der Waals surface area (Å²) in [6.07, 6.45) is 34.8. The van der Waals surface area contributed by atoms with Gasteiger partial charge in [-0.25, -0.2) is 0 Å². The SMILES string of the molecule is CCCCCCCc1ccc2c(c1)-c1cc(CCCCCCC)ccc1C2c1ccc(-c2ccc(-c3ccnc(-c4cc(-c5ccc(-c6ccc(-n7c8ccc(CCCCCCC)cc8c8cc(CCCCCCC)ccc87)s6)s5)ccn4)c3)s2)s1. The van der Waals surface area contributed by atoms with Gasteiger partial charge in [-0.2, -0.15) is 0 Å². The van der Waals surface area contributed by atoms with Gasteiger partial charge in [-0.1, -0.05) is 179 Å². The van der Waals surface area contributed by atoms with Crippen molar-refractivity contribution in [1.29, 1.82) is 0 Å². The Balaban J connectivity index is 0.753. The molecule has 0 radical (unpaired) electrons. The number of unbranched alkanes of at least 4 members (excludes halogenated alkanes) is 16. The van der Waals surface area contributed by atoms with Crippen molar-refractivity contribution in [2.24, 2.45) is 0 Å². The van der Waals surface area contributed by atoms with Crippen molar-refractivity contribution in [2.75, 3.05) is 0 Å². The van der Waals surface area contributed by atoms with E-state index in [4.69, 9.17) is 9.97 Å². The molecule has 1 aliphatic rings. The normalized spacial score (nSPS) is 12.3. The van der Waals surface area contributed by atoms with E-state index in [9.17, 15) is 0 Å². The van der Waals surface area contributed by atoms with Crippen LogP contribution in [0.25, 0.3) is 89.7 Å². The van der Waals surface area contributed by atoms with Crippen molar-refractivity contribution in [3.63, 3.8) is 0 Å². The molecule has 0 bridgehead atoms. The van der Waals surface area contributed by atoms with Gasteiger partial charge in [0.1, 0.15) is 5.00 Å². The van der Waals surface area contributed by atoms with E-state index in [2.05, 4.69) is 178 Å². The number of benzene rings is 4. The van der Waals surface area contributed by atoms with Crippen molar-refractivity contribution in [3.05, 3.63) is 196 Å². The minimum Gasteiger partial charge on any atom is -0.301 e. The molecule has 7 aromatic heterocycles. The van der Waals surface area contributed by atoms with E-state index in [-0.39, 0.29) is 5.92 Å². The zero-order valence-electron chi connectivity index (χ0n) is 51.5. The molecule has 12 rings (SSSR count). The summed E-state index contributed by atoms with van der Waals surface area (Å²) in [6, 6.07) is 56.9.